The Morgan fingerprint density at radius 3 is 1.59 bits per heavy atom. The molecule has 0 atom stereocenters. The van der Waals surface area contributed by atoms with Crippen LogP contribution in [0.1, 0.15) is 81.9 Å². The zero-order valence-corrected chi connectivity index (χ0v) is 18.4. The summed E-state index contributed by atoms with van der Waals surface area (Å²) in [5.74, 6) is 0.0873. The van der Waals surface area contributed by atoms with Gasteiger partial charge in [-0.2, -0.15) is 0 Å². The minimum absolute atomic E-state index is 0.0873. The average molecular weight is 394 g/mol. The fraction of sp³-hybridized carbons (Fsp3) is 0.500. The first kappa shape index (κ1) is 23.0. The monoisotopic (exact) mass is 393 g/mol. The molecule has 0 heterocycles. The number of hydrogen-bond acceptors (Lipinski definition) is 1. The van der Waals surface area contributed by atoms with E-state index in [9.17, 15) is 0 Å². The molecule has 0 aromatic heterocycles. The fourth-order valence-electron chi connectivity index (χ4n) is 3.66. The molecular formula is C26H39N3. The van der Waals surface area contributed by atoms with Crippen molar-refractivity contribution < 1.29 is 0 Å². The molecule has 0 aliphatic rings. The summed E-state index contributed by atoms with van der Waals surface area (Å²) in [6.07, 6.45) is 12.6. The van der Waals surface area contributed by atoms with E-state index in [0.717, 1.165) is 18.5 Å². The van der Waals surface area contributed by atoms with Crippen molar-refractivity contribution in [2.24, 2.45) is 5.73 Å². The van der Waals surface area contributed by atoms with Crippen molar-refractivity contribution in [3.8, 4) is 0 Å². The fourth-order valence-corrected chi connectivity index (χ4v) is 3.66. The van der Waals surface area contributed by atoms with E-state index in [1.807, 2.05) is 4.90 Å². The minimum Gasteiger partial charge on any atom is -0.370 e. The van der Waals surface area contributed by atoms with E-state index in [1.165, 1.54) is 68.1 Å². The molecule has 0 aliphatic heterocycles. The van der Waals surface area contributed by atoms with E-state index >= 15 is 0 Å². The van der Waals surface area contributed by atoms with Crippen LogP contribution in [0.5, 0.6) is 0 Å². The number of guanidine groups is 1. The summed E-state index contributed by atoms with van der Waals surface area (Å²) >= 11 is 0. The van der Waals surface area contributed by atoms with E-state index < -0.39 is 0 Å². The van der Waals surface area contributed by atoms with Crippen LogP contribution in [-0.2, 0) is 19.4 Å². The van der Waals surface area contributed by atoms with E-state index in [-0.39, 0.29) is 5.96 Å². The summed E-state index contributed by atoms with van der Waals surface area (Å²) in [5.41, 5.74) is 10.8. The van der Waals surface area contributed by atoms with Crippen molar-refractivity contribution in [3.05, 3.63) is 65.2 Å². The van der Waals surface area contributed by atoms with Gasteiger partial charge in [0.25, 0.3) is 0 Å². The first-order chi connectivity index (χ1) is 14.1. The zero-order chi connectivity index (χ0) is 20.9. The Morgan fingerprint density at radius 2 is 1.14 bits per heavy atom. The predicted octanol–water partition coefficient (Wildman–Crippen LogP) is 6.83. The van der Waals surface area contributed by atoms with Crippen LogP contribution in [0.2, 0.25) is 0 Å². The number of benzene rings is 2. The third-order valence-electron chi connectivity index (χ3n) is 5.54. The Hall–Kier alpha value is -2.29. The van der Waals surface area contributed by atoms with E-state index in [4.69, 9.17) is 11.1 Å². The van der Waals surface area contributed by atoms with Crippen LogP contribution in [0.15, 0.2) is 48.5 Å². The Bertz CT molecular complexity index is 704. The van der Waals surface area contributed by atoms with Crippen molar-refractivity contribution in [1.29, 1.82) is 5.41 Å². The average Bonchev–Trinajstić information content (AvgIpc) is 2.74. The second-order valence-corrected chi connectivity index (χ2v) is 8.08. The standard InChI is InChI=1S/C26H39N3/c1-3-5-7-9-11-22-13-15-24(16-14-22)21-29(26(27)28)25-19-17-23(18-20-25)12-10-8-6-4-2/h13-20H,3-12,21H2,1-2H3,(H3,27,28). The number of aryl methyl sites for hydroxylation is 2. The molecule has 2 aromatic rings. The van der Waals surface area contributed by atoms with Gasteiger partial charge in [-0.15, -0.1) is 0 Å². The summed E-state index contributed by atoms with van der Waals surface area (Å²) < 4.78 is 0. The molecule has 0 spiro atoms. The van der Waals surface area contributed by atoms with Crippen LogP contribution < -0.4 is 10.6 Å². The number of hydrogen-bond donors (Lipinski definition) is 2. The van der Waals surface area contributed by atoms with Crippen LogP contribution in [-0.4, -0.2) is 5.96 Å². The van der Waals surface area contributed by atoms with Crippen LogP contribution in [0, 0.1) is 5.41 Å². The second kappa shape index (κ2) is 13.0. The lowest BCUT2D eigenvalue weighted by atomic mass is 10.0. The largest absolute Gasteiger partial charge is 0.370 e. The van der Waals surface area contributed by atoms with Gasteiger partial charge < -0.3 is 10.6 Å². The zero-order valence-electron chi connectivity index (χ0n) is 18.4. The Balaban J connectivity index is 1.93. The maximum atomic E-state index is 8.03. The van der Waals surface area contributed by atoms with Crippen LogP contribution in [0.3, 0.4) is 0 Å². The smallest absolute Gasteiger partial charge is 0.193 e. The van der Waals surface area contributed by atoms with E-state index in [2.05, 4.69) is 62.4 Å². The summed E-state index contributed by atoms with van der Waals surface area (Å²) in [5, 5.41) is 8.03. The molecule has 2 aromatic carbocycles. The van der Waals surface area contributed by atoms with Crippen molar-refractivity contribution >= 4 is 11.6 Å². The molecule has 0 aliphatic carbocycles. The summed E-state index contributed by atoms with van der Waals surface area (Å²) in [6, 6.07) is 17.3. The quantitative estimate of drug-likeness (QED) is 0.222. The third-order valence-corrected chi connectivity index (χ3v) is 5.54. The van der Waals surface area contributed by atoms with Gasteiger partial charge in [0.1, 0.15) is 0 Å². The van der Waals surface area contributed by atoms with Crippen LogP contribution in [0.4, 0.5) is 5.69 Å². The maximum absolute atomic E-state index is 8.03. The molecule has 3 heteroatoms. The van der Waals surface area contributed by atoms with Gasteiger partial charge in [-0.05, 0) is 54.5 Å². The normalized spacial score (nSPS) is 10.8. The van der Waals surface area contributed by atoms with Gasteiger partial charge >= 0.3 is 0 Å². The lowest BCUT2D eigenvalue weighted by molar-refractivity contribution is 0.667. The molecule has 0 saturated carbocycles. The molecule has 0 unspecified atom stereocenters. The molecule has 158 valence electrons. The van der Waals surface area contributed by atoms with Gasteiger partial charge in [0, 0.05) is 5.69 Å². The van der Waals surface area contributed by atoms with Gasteiger partial charge in [0.2, 0.25) is 0 Å². The van der Waals surface area contributed by atoms with Crippen molar-refractivity contribution in [1.82, 2.24) is 0 Å². The molecular weight excluding hydrogens is 354 g/mol. The molecule has 0 radical (unpaired) electrons. The second-order valence-electron chi connectivity index (χ2n) is 8.08. The first-order valence-corrected chi connectivity index (χ1v) is 11.4. The Kier molecular flexibility index (Phi) is 10.3. The van der Waals surface area contributed by atoms with Crippen molar-refractivity contribution in [2.75, 3.05) is 4.90 Å². The third kappa shape index (κ3) is 8.31. The van der Waals surface area contributed by atoms with Gasteiger partial charge in [0.05, 0.1) is 6.54 Å². The minimum atomic E-state index is 0.0873. The van der Waals surface area contributed by atoms with Crippen LogP contribution in [0.25, 0.3) is 0 Å². The van der Waals surface area contributed by atoms with E-state index in [0.29, 0.717) is 6.54 Å². The SMILES string of the molecule is CCCCCCc1ccc(CN(C(=N)N)c2ccc(CCCCCC)cc2)cc1. The number of nitrogens with two attached hydrogens (primary N) is 1. The summed E-state index contributed by atoms with van der Waals surface area (Å²) in [7, 11) is 0. The lowest BCUT2D eigenvalue weighted by Crippen LogP contribution is -2.35. The number of nitrogens with one attached hydrogen (secondary N) is 1. The topological polar surface area (TPSA) is 53.1 Å². The number of rotatable bonds is 13. The van der Waals surface area contributed by atoms with Gasteiger partial charge in [-0.1, -0.05) is 88.8 Å². The molecule has 0 bridgehead atoms. The number of nitrogens with zero attached hydrogens (tertiary/aromatic N) is 1. The van der Waals surface area contributed by atoms with Gasteiger partial charge in [0.15, 0.2) is 5.96 Å². The summed E-state index contributed by atoms with van der Waals surface area (Å²) in [6.45, 7) is 5.12. The molecule has 29 heavy (non-hydrogen) atoms. The molecule has 3 N–H and O–H groups in total. The Morgan fingerprint density at radius 1 is 0.690 bits per heavy atom. The van der Waals surface area contributed by atoms with E-state index in [1.54, 1.807) is 0 Å². The molecule has 0 saturated heterocycles. The van der Waals surface area contributed by atoms with Crippen LogP contribution >= 0.6 is 0 Å². The van der Waals surface area contributed by atoms with Gasteiger partial charge in [-0.3, -0.25) is 5.41 Å². The van der Waals surface area contributed by atoms with Crippen molar-refractivity contribution in [2.45, 2.75) is 84.6 Å². The highest BCUT2D eigenvalue weighted by atomic mass is 15.2. The Labute approximate surface area is 177 Å². The first-order valence-electron chi connectivity index (χ1n) is 11.4. The highest BCUT2D eigenvalue weighted by Gasteiger charge is 2.11. The molecule has 0 amide bonds. The maximum Gasteiger partial charge on any atom is 0.193 e. The number of anilines is 1. The number of unbranched alkanes of at least 4 members (excludes halogenated alkanes) is 6. The van der Waals surface area contributed by atoms with Crippen molar-refractivity contribution in [3.63, 3.8) is 0 Å². The molecule has 0 fully saturated rings. The predicted molar refractivity (Wildman–Crippen MR) is 127 cm³/mol. The highest BCUT2D eigenvalue weighted by Crippen LogP contribution is 2.20. The summed E-state index contributed by atoms with van der Waals surface area (Å²) in [4.78, 5) is 1.87. The molecule has 3 nitrogen and oxygen atoms in total. The highest BCUT2D eigenvalue weighted by molar-refractivity contribution is 5.92. The lowest BCUT2D eigenvalue weighted by Gasteiger charge is -2.23. The molecule has 2 rings (SSSR count). The van der Waals surface area contributed by atoms with Gasteiger partial charge in [-0.25, -0.2) is 0 Å².